The molecule has 0 aromatic carbocycles. The molecule has 1 fully saturated rings. The fraction of sp³-hybridized carbons (Fsp3) is 1.00. The van der Waals surface area contributed by atoms with Crippen LogP contribution >= 0.6 is 0 Å². The van der Waals surface area contributed by atoms with Gasteiger partial charge < -0.3 is 5.32 Å². The fourth-order valence-corrected chi connectivity index (χ4v) is 3.88. The van der Waals surface area contributed by atoms with Gasteiger partial charge in [0.1, 0.15) is 0 Å². The first-order chi connectivity index (χ1) is 10.8. The minimum Gasteiger partial charge on any atom is -0.312 e. The number of hydrogen-bond donors (Lipinski definition) is 1. The van der Waals surface area contributed by atoms with Crippen molar-refractivity contribution in [2.45, 2.75) is 135 Å². The summed E-state index contributed by atoms with van der Waals surface area (Å²) < 4.78 is 0. The van der Waals surface area contributed by atoms with Gasteiger partial charge in [-0.05, 0) is 26.2 Å². The molecular formula is C21H43N. The predicted molar refractivity (Wildman–Crippen MR) is 101 cm³/mol. The Morgan fingerprint density at radius 1 is 0.682 bits per heavy atom. The smallest absolute Gasteiger partial charge is 0.00695 e. The van der Waals surface area contributed by atoms with E-state index >= 15 is 0 Å². The number of rotatable bonds is 14. The molecule has 0 aliphatic carbocycles. The van der Waals surface area contributed by atoms with E-state index in [1.165, 1.54) is 109 Å². The van der Waals surface area contributed by atoms with E-state index in [4.69, 9.17) is 0 Å². The minimum absolute atomic E-state index is 0.765. The summed E-state index contributed by atoms with van der Waals surface area (Å²) in [7, 11) is 0. The molecule has 1 aliphatic rings. The van der Waals surface area contributed by atoms with Crippen LogP contribution in [-0.4, -0.2) is 12.1 Å². The Bertz CT molecular complexity index is 226. The number of hydrogen-bond acceptors (Lipinski definition) is 1. The molecular weight excluding hydrogens is 266 g/mol. The van der Waals surface area contributed by atoms with Gasteiger partial charge in [-0.3, -0.25) is 0 Å². The SMILES string of the molecule is CCCCCCCCCCCCCCC[C@@H]1CCC[C@@H](C)N1. The van der Waals surface area contributed by atoms with Crippen LogP contribution in [0.15, 0.2) is 0 Å². The highest BCUT2D eigenvalue weighted by Gasteiger charge is 2.16. The molecule has 0 unspecified atom stereocenters. The van der Waals surface area contributed by atoms with E-state index in [0.29, 0.717) is 0 Å². The largest absolute Gasteiger partial charge is 0.312 e. The highest BCUT2D eigenvalue weighted by Crippen LogP contribution is 2.18. The average Bonchev–Trinajstić information content (AvgIpc) is 2.52. The van der Waals surface area contributed by atoms with Crippen molar-refractivity contribution in [3.8, 4) is 0 Å². The van der Waals surface area contributed by atoms with Gasteiger partial charge >= 0.3 is 0 Å². The van der Waals surface area contributed by atoms with Crippen LogP contribution in [0, 0.1) is 0 Å². The zero-order valence-electron chi connectivity index (χ0n) is 15.7. The van der Waals surface area contributed by atoms with Crippen molar-refractivity contribution in [2.24, 2.45) is 0 Å². The second-order valence-corrected chi connectivity index (χ2v) is 7.73. The highest BCUT2D eigenvalue weighted by atomic mass is 15.0. The summed E-state index contributed by atoms with van der Waals surface area (Å²) in [5, 5.41) is 3.76. The fourth-order valence-electron chi connectivity index (χ4n) is 3.88. The Kier molecular flexibility index (Phi) is 13.2. The molecule has 1 heteroatoms. The lowest BCUT2D eigenvalue weighted by atomic mass is 9.95. The van der Waals surface area contributed by atoms with Crippen LogP contribution in [0.25, 0.3) is 0 Å². The van der Waals surface area contributed by atoms with Gasteiger partial charge in [-0.1, -0.05) is 96.8 Å². The zero-order valence-corrected chi connectivity index (χ0v) is 15.7. The molecule has 1 rings (SSSR count). The molecule has 1 heterocycles. The third kappa shape index (κ3) is 11.5. The third-order valence-electron chi connectivity index (χ3n) is 5.37. The van der Waals surface area contributed by atoms with E-state index in [1.54, 1.807) is 0 Å². The van der Waals surface area contributed by atoms with Gasteiger partial charge in [0.05, 0.1) is 0 Å². The molecule has 2 atom stereocenters. The van der Waals surface area contributed by atoms with Crippen molar-refractivity contribution in [3.63, 3.8) is 0 Å². The molecule has 132 valence electrons. The monoisotopic (exact) mass is 309 g/mol. The van der Waals surface area contributed by atoms with Crippen molar-refractivity contribution in [1.82, 2.24) is 5.32 Å². The van der Waals surface area contributed by atoms with Crippen molar-refractivity contribution in [1.29, 1.82) is 0 Å². The van der Waals surface area contributed by atoms with E-state index in [9.17, 15) is 0 Å². The zero-order chi connectivity index (χ0) is 15.9. The molecule has 0 aromatic heterocycles. The molecule has 0 radical (unpaired) electrons. The first-order valence-corrected chi connectivity index (χ1v) is 10.6. The van der Waals surface area contributed by atoms with Crippen LogP contribution in [-0.2, 0) is 0 Å². The molecule has 1 saturated heterocycles. The first kappa shape index (κ1) is 20.0. The predicted octanol–water partition coefficient (Wildman–Crippen LogP) is 7.00. The topological polar surface area (TPSA) is 12.0 Å². The summed E-state index contributed by atoms with van der Waals surface area (Å²) in [4.78, 5) is 0. The number of unbranched alkanes of at least 4 members (excludes halogenated alkanes) is 12. The van der Waals surface area contributed by atoms with Gasteiger partial charge in [-0.15, -0.1) is 0 Å². The Labute approximate surface area is 141 Å². The number of nitrogens with one attached hydrogen (secondary N) is 1. The summed E-state index contributed by atoms with van der Waals surface area (Å²) in [6.45, 7) is 4.64. The van der Waals surface area contributed by atoms with Crippen LogP contribution in [0.5, 0.6) is 0 Å². The Morgan fingerprint density at radius 3 is 1.68 bits per heavy atom. The van der Waals surface area contributed by atoms with E-state index in [2.05, 4.69) is 19.2 Å². The van der Waals surface area contributed by atoms with Crippen molar-refractivity contribution >= 4 is 0 Å². The standard InChI is InChI=1S/C21H43N/c1-3-4-5-6-7-8-9-10-11-12-13-14-15-18-21-19-16-17-20(2)22-21/h20-22H,3-19H2,1-2H3/t20-,21-/m1/s1. The molecule has 1 nitrogen and oxygen atoms in total. The normalized spacial score (nSPS) is 22.1. The van der Waals surface area contributed by atoms with Crippen molar-refractivity contribution < 1.29 is 0 Å². The summed E-state index contributed by atoms with van der Waals surface area (Å²) in [5.74, 6) is 0. The van der Waals surface area contributed by atoms with Gasteiger partial charge in [-0.2, -0.15) is 0 Å². The molecule has 0 saturated carbocycles. The molecule has 22 heavy (non-hydrogen) atoms. The molecule has 0 aromatic rings. The summed E-state index contributed by atoms with van der Waals surface area (Å²) >= 11 is 0. The van der Waals surface area contributed by atoms with E-state index < -0.39 is 0 Å². The molecule has 1 aliphatic heterocycles. The van der Waals surface area contributed by atoms with Gasteiger partial charge in [0.25, 0.3) is 0 Å². The van der Waals surface area contributed by atoms with Crippen LogP contribution < -0.4 is 5.32 Å². The summed E-state index contributed by atoms with van der Waals surface area (Å²) in [6.07, 6.45) is 24.7. The maximum atomic E-state index is 3.76. The maximum absolute atomic E-state index is 3.76. The Hall–Kier alpha value is -0.0400. The van der Waals surface area contributed by atoms with Gasteiger partial charge in [-0.25, -0.2) is 0 Å². The average molecular weight is 310 g/mol. The van der Waals surface area contributed by atoms with E-state index in [0.717, 1.165) is 12.1 Å². The maximum Gasteiger partial charge on any atom is 0.00695 e. The lowest BCUT2D eigenvalue weighted by molar-refractivity contribution is 0.314. The lowest BCUT2D eigenvalue weighted by Gasteiger charge is -2.28. The second-order valence-electron chi connectivity index (χ2n) is 7.73. The summed E-state index contributed by atoms with van der Waals surface area (Å²) in [5.41, 5.74) is 0. The quantitative estimate of drug-likeness (QED) is 0.341. The van der Waals surface area contributed by atoms with Crippen LogP contribution in [0.4, 0.5) is 0 Å². The van der Waals surface area contributed by atoms with E-state index in [-0.39, 0.29) is 0 Å². The van der Waals surface area contributed by atoms with Crippen LogP contribution in [0.1, 0.15) is 123 Å². The van der Waals surface area contributed by atoms with Crippen molar-refractivity contribution in [3.05, 3.63) is 0 Å². The van der Waals surface area contributed by atoms with E-state index in [1.807, 2.05) is 0 Å². The van der Waals surface area contributed by atoms with Gasteiger partial charge in [0, 0.05) is 12.1 Å². The summed E-state index contributed by atoms with van der Waals surface area (Å²) in [6, 6.07) is 1.59. The molecule has 0 bridgehead atoms. The van der Waals surface area contributed by atoms with Crippen LogP contribution in [0.3, 0.4) is 0 Å². The molecule has 0 spiro atoms. The number of piperidine rings is 1. The second kappa shape index (κ2) is 14.5. The molecule has 0 amide bonds. The van der Waals surface area contributed by atoms with Gasteiger partial charge in [0.2, 0.25) is 0 Å². The first-order valence-electron chi connectivity index (χ1n) is 10.6. The van der Waals surface area contributed by atoms with Gasteiger partial charge in [0.15, 0.2) is 0 Å². The van der Waals surface area contributed by atoms with Crippen LogP contribution in [0.2, 0.25) is 0 Å². The Morgan fingerprint density at radius 2 is 1.18 bits per heavy atom. The van der Waals surface area contributed by atoms with Crippen molar-refractivity contribution in [2.75, 3.05) is 0 Å². The lowest BCUT2D eigenvalue weighted by Crippen LogP contribution is -2.40. The third-order valence-corrected chi connectivity index (χ3v) is 5.37. The Balaban J connectivity index is 1.73. The highest BCUT2D eigenvalue weighted by molar-refractivity contribution is 4.77. The molecule has 1 N–H and O–H groups in total. The minimum atomic E-state index is 0.765.